The van der Waals surface area contributed by atoms with Gasteiger partial charge in [0.05, 0.1) is 6.10 Å². The van der Waals surface area contributed by atoms with E-state index in [9.17, 15) is 4.79 Å². The molecule has 0 aliphatic heterocycles. The molecule has 0 saturated heterocycles. The number of ether oxygens (including phenoxy) is 1. The summed E-state index contributed by atoms with van der Waals surface area (Å²) >= 11 is 0. The fraction of sp³-hybridized carbons (Fsp3) is 0.533. The predicted octanol–water partition coefficient (Wildman–Crippen LogP) is 3.11. The summed E-state index contributed by atoms with van der Waals surface area (Å²) in [6.07, 6.45) is 5.50. The molecule has 2 rings (SSSR count). The molecular weight excluding hydrogens is 276 g/mol. The van der Waals surface area contributed by atoms with Crippen LogP contribution in [0.2, 0.25) is 0 Å². The third-order valence-electron chi connectivity index (χ3n) is 3.25. The molecule has 0 heterocycles. The number of carbonyl (C=O) groups is 1. The molecule has 20 heavy (non-hydrogen) atoms. The van der Waals surface area contributed by atoms with Gasteiger partial charge in [-0.05, 0) is 56.9 Å². The fourth-order valence-electron chi connectivity index (χ4n) is 2.32. The third kappa shape index (κ3) is 5.39. The second kappa shape index (κ2) is 8.12. The van der Waals surface area contributed by atoms with Gasteiger partial charge in [-0.1, -0.05) is 0 Å². The summed E-state index contributed by atoms with van der Waals surface area (Å²) in [4.78, 5) is 11.6. The lowest BCUT2D eigenvalue weighted by atomic mass is 10.2. The van der Waals surface area contributed by atoms with E-state index in [4.69, 9.17) is 10.5 Å². The summed E-state index contributed by atoms with van der Waals surface area (Å²) in [6.45, 7) is 1.82. The van der Waals surface area contributed by atoms with Crippen molar-refractivity contribution in [3.8, 4) is 5.75 Å². The molecule has 3 N–H and O–H groups in total. The van der Waals surface area contributed by atoms with Gasteiger partial charge in [0.1, 0.15) is 5.75 Å². The van der Waals surface area contributed by atoms with Crippen LogP contribution in [0.25, 0.3) is 0 Å². The van der Waals surface area contributed by atoms with Crippen LogP contribution in [0.1, 0.15) is 39.0 Å². The average molecular weight is 299 g/mol. The highest BCUT2D eigenvalue weighted by molar-refractivity contribution is 5.91. The molecule has 0 radical (unpaired) electrons. The predicted molar refractivity (Wildman–Crippen MR) is 83.5 cm³/mol. The Morgan fingerprint density at radius 1 is 1.35 bits per heavy atom. The molecule has 0 spiro atoms. The van der Waals surface area contributed by atoms with E-state index in [1.165, 1.54) is 12.8 Å². The number of amides is 1. The smallest absolute Gasteiger partial charge is 0.225 e. The molecule has 112 valence electrons. The highest BCUT2D eigenvalue weighted by atomic mass is 35.5. The van der Waals surface area contributed by atoms with E-state index in [-0.39, 0.29) is 24.4 Å². The van der Waals surface area contributed by atoms with E-state index in [1.54, 1.807) is 0 Å². The van der Waals surface area contributed by atoms with Gasteiger partial charge in [0.25, 0.3) is 0 Å². The Morgan fingerprint density at radius 2 is 1.95 bits per heavy atom. The van der Waals surface area contributed by atoms with E-state index in [2.05, 4.69) is 5.32 Å². The number of rotatable bonds is 5. The zero-order valence-corrected chi connectivity index (χ0v) is 12.6. The van der Waals surface area contributed by atoms with Crippen molar-refractivity contribution in [2.24, 2.45) is 5.73 Å². The molecule has 1 aliphatic rings. The van der Waals surface area contributed by atoms with E-state index in [0.29, 0.717) is 12.5 Å². The van der Waals surface area contributed by atoms with Crippen molar-refractivity contribution in [1.29, 1.82) is 0 Å². The van der Waals surface area contributed by atoms with Gasteiger partial charge in [0, 0.05) is 18.2 Å². The number of hydrogen-bond acceptors (Lipinski definition) is 3. The van der Waals surface area contributed by atoms with Crippen molar-refractivity contribution < 1.29 is 9.53 Å². The minimum absolute atomic E-state index is 0. The first-order valence-electron chi connectivity index (χ1n) is 6.95. The van der Waals surface area contributed by atoms with Gasteiger partial charge in [-0.3, -0.25) is 4.79 Å². The van der Waals surface area contributed by atoms with Crippen LogP contribution >= 0.6 is 12.4 Å². The van der Waals surface area contributed by atoms with Crippen LogP contribution in [0.15, 0.2) is 24.3 Å². The first-order chi connectivity index (χ1) is 9.13. The number of halogens is 1. The summed E-state index contributed by atoms with van der Waals surface area (Å²) < 4.78 is 5.87. The monoisotopic (exact) mass is 298 g/mol. The Labute approximate surface area is 126 Å². The van der Waals surface area contributed by atoms with Crippen LogP contribution in [-0.4, -0.2) is 18.1 Å². The molecule has 1 aromatic rings. The molecule has 1 aromatic carbocycles. The van der Waals surface area contributed by atoms with Crippen molar-refractivity contribution >= 4 is 24.0 Å². The Bertz CT molecular complexity index is 414. The van der Waals surface area contributed by atoms with Crippen LogP contribution in [0.5, 0.6) is 5.75 Å². The lowest BCUT2D eigenvalue weighted by molar-refractivity contribution is -0.116. The summed E-state index contributed by atoms with van der Waals surface area (Å²) in [5.74, 6) is 0.816. The molecule has 1 atom stereocenters. The highest BCUT2D eigenvalue weighted by Crippen LogP contribution is 2.24. The van der Waals surface area contributed by atoms with Crippen LogP contribution in [0, 0.1) is 0 Å². The topological polar surface area (TPSA) is 64.4 Å². The second-order valence-electron chi connectivity index (χ2n) is 5.28. The molecule has 1 saturated carbocycles. The average Bonchev–Trinajstić information content (AvgIpc) is 2.83. The van der Waals surface area contributed by atoms with Crippen molar-refractivity contribution in [3.63, 3.8) is 0 Å². The Morgan fingerprint density at radius 3 is 2.50 bits per heavy atom. The van der Waals surface area contributed by atoms with Crippen LogP contribution in [0.4, 0.5) is 5.69 Å². The van der Waals surface area contributed by atoms with Crippen LogP contribution in [-0.2, 0) is 4.79 Å². The first-order valence-corrected chi connectivity index (χ1v) is 6.95. The molecule has 1 amide bonds. The Kier molecular flexibility index (Phi) is 6.82. The number of carbonyl (C=O) groups excluding carboxylic acids is 1. The van der Waals surface area contributed by atoms with Crippen molar-refractivity contribution in [2.45, 2.75) is 51.2 Å². The zero-order valence-electron chi connectivity index (χ0n) is 11.8. The number of hydrogen-bond donors (Lipinski definition) is 2. The van der Waals surface area contributed by atoms with E-state index in [1.807, 2.05) is 31.2 Å². The van der Waals surface area contributed by atoms with Crippen molar-refractivity contribution in [1.82, 2.24) is 0 Å². The van der Waals surface area contributed by atoms with Crippen LogP contribution < -0.4 is 15.8 Å². The highest BCUT2D eigenvalue weighted by Gasteiger charge is 2.16. The van der Waals surface area contributed by atoms with Crippen molar-refractivity contribution in [2.75, 3.05) is 5.32 Å². The third-order valence-corrected chi connectivity index (χ3v) is 3.25. The van der Waals surface area contributed by atoms with Crippen LogP contribution in [0.3, 0.4) is 0 Å². The Hall–Kier alpha value is -1.26. The Balaban J connectivity index is 0.00000200. The minimum atomic E-state index is -0.120. The SMILES string of the molecule is CC(N)CC(=O)Nc1ccc(OC2CCCC2)cc1.Cl. The second-order valence-corrected chi connectivity index (χ2v) is 5.28. The molecule has 4 nitrogen and oxygen atoms in total. The molecule has 1 fully saturated rings. The summed E-state index contributed by atoms with van der Waals surface area (Å²) in [6, 6.07) is 7.41. The van der Waals surface area contributed by atoms with E-state index < -0.39 is 0 Å². The largest absolute Gasteiger partial charge is 0.490 e. The number of nitrogens with one attached hydrogen (secondary N) is 1. The van der Waals surface area contributed by atoms with Gasteiger partial charge in [-0.15, -0.1) is 12.4 Å². The molecule has 5 heteroatoms. The van der Waals surface area contributed by atoms with E-state index >= 15 is 0 Å². The summed E-state index contributed by atoms with van der Waals surface area (Å²) in [7, 11) is 0. The summed E-state index contributed by atoms with van der Waals surface area (Å²) in [5, 5.41) is 2.82. The van der Waals surface area contributed by atoms with Gasteiger partial charge in [0.2, 0.25) is 5.91 Å². The fourth-order valence-corrected chi connectivity index (χ4v) is 2.32. The lowest BCUT2D eigenvalue weighted by Gasteiger charge is -2.13. The minimum Gasteiger partial charge on any atom is -0.490 e. The first kappa shape index (κ1) is 16.8. The van der Waals surface area contributed by atoms with Gasteiger partial charge in [-0.2, -0.15) is 0 Å². The zero-order chi connectivity index (χ0) is 13.7. The standard InChI is InChI=1S/C15H22N2O2.ClH/c1-11(16)10-15(18)17-12-6-8-14(9-7-12)19-13-4-2-3-5-13;/h6-9,11,13H,2-5,10,16H2,1H3,(H,17,18);1H. The summed E-state index contributed by atoms with van der Waals surface area (Å²) in [5.41, 5.74) is 6.36. The van der Waals surface area contributed by atoms with Gasteiger partial charge >= 0.3 is 0 Å². The molecular formula is C15H23ClN2O2. The molecule has 0 bridgehead atoms. The molecule has 1 unspecified atom stereocenters. The van der Waals surface area contributed by atoms with E-state index in [0.717, 1.165) is 24.3 Å². The van der Waals surface area contributed by atoms with Gasteiger partial charge in [-0.25, -0.2) is 0 Å². The quantitative estimate of drug-likeness (QED) is 0.878. The maximum Gasteiger partial charge on any atom is 0.225 e. The number of benzene rings is 1. The lowest BCUT2D eigenvalue weighted by Crippen LogP contribution is -2.23. The van der Waals surface area contributed by atoms with Gasteiger partial charge in [0.15, 0.2) is 0 Å². The van der Waals surface area contributed by atoms with Gasteiger partial charge < -0.3 is 15.8 Å². The maximum absolute atomic E-state index is 11.6. The number of anilines is 1. The normalized spacial score (nSPS) is 16.3. The molecule has 0 aromatic heterocycles. The number of nitrogens with two attached hydrogens (primary N) is 1. The maximum atomic E-state index is 11.6. The molecule has 1 aliphatic carbocycles. The van der Waals surface area contributed by atoms with Crippen molar-refractivity contribution in [3.05, 3.63) is 24.3 Å².